The van der Waals surface area contributed by atoms with Crippen molar-refractivity contribution in [2.24, 2.45) is 0 Å². The Morgan fingerprint density at radius 2 is 2.22 bits per heavy atom. The van der Waals surface area contributed by atoms with Crippen LogP contribution in [0, 0.1) is 0 Å². The normalized spacial score (nSPS) is 20.5. The molecular formula is C13H20ClN3O. The van der Waals surface area contributed by atoms with Gasteiger partial charge >= 0.3 is 0 Å². The van der Waals surface area contributed by atoms with Crippen molar-refractivity contribution >= 4 is 17.4 Å². The van der Waals surface area contributed by atoms with Crippen molar-refractivity contribution in [1.82, 2.24) is 9.97 Å². The molecule has 1 saturated heterocycles. The fourth-order valence-electron chi connectivity index (χ4n) is 2.18. The molecule has 0 saturated carbocycles. The van der Waals surface area contributed by atoms with Gasteiger partial charge in [-0.15, -0.1) is 0 Å². The molecule has 1 fully saturated rings. The predicted octanol–water partition coefficient (Wildman–Crippen LogP) is 2.87. The molecule has 0 spiro atoms. The zero-order chi connectivity index (χ0) is 13.1. The monoisotopic (exact) mass is 269 g/mol. The first-order valence-corrected chi connectivity index (χ1v) is 6.80. The van der Waals surface area contributed by atoms with E-state index in [1.54, 1.807) is 7.11 Å². The van der Waals surface area contributed by atoms with Gasteiger partial charge in [-0.05, 0) is 12.8 Å². The van der Waals surface area contributed by atoms with E-state index >= 15 is 0 Å². The van der Waals surface area contributed by atoms with Crippen molar-refractivity contribution in [3.63, 3.8) is 0 Å². The summed E-state index contributed by atoms with van der Waals surface area (Å²) in [6.45, 7) is 6.03. The van der Waals surface area contributed by atoms with Crippen LogP contribution in [-0.2, 0) is 4.74 Å². The molecule has 0 amide bonds. The van der Waals surface area contributed by atoms with Crippen molar-refractivity contribution in [2.45, 2.75) is 38.7 Å². The van der Waals surface area contributed by atoms with E-state index in [2.05, 4.69) is 28.7 Å². The maximum Gasteiger partial charge on any atom is 0.135 e. The highest BCUT2D eigenvalue weighted by Crippen LogP contribution is 2.23. The third-order valence-corrected chi connectivity index (χ3v) is 3.44. The molecule has 1 aromatic heterocycles. The maximum absolute atomic E-state index is 6.07. The van der Waals surface area contributed by atoms with Crippen LogP contribution in [0.25, 0.3) is 0 Å². The lowest BCUT2D eigenvalue weighted by molar-refractivity contribution is 0.0891. The molecule has 0 N–H and O–H groups in total. The van der Waals surface area contributed by atoms with E-state index in [1.807, 2.05) is 6.07 Å². The van der Waals surface area contributed by atoms with Gasteiger partial charge in [0.15, 0.2) is 0 Å². The summed E-state index contributed by atoms with van der Waals surface area (Å²) in [5, 5.41) is 0.517. The van der Waals surface area contributed by atoms with Gasteiger partial charge in [0.2, 0.25) is 0 Å². The number of ether oxygens (including phenoxy) is 1. The number of hydrogen-bond donors (Lipinski definition) is 0. The molecule has 0 radical (unpaired) electrons. The predicted molar refractivity (Wildman–Crippen MR) is 73.4 cm³/mol. The maximum atomic E-state index is 6.07. The number of anilines is 1. The fourth-order valence-corrected chi connectivity index (χ4v) is 2.37. The van der Waals surface area contributed by atoms with Gasteiger partial charge in [-0.2, -0.15) is 0 Å². The number of nitrogens with zero attached hydrogens (tertiary/aromatic N) is 3. The number of piperidine rings is 1. The number of aromatic nitrogens is 2. The molecule has 1 unspecified atom stereocenters. The van der Waals surface area contributed by atoms with Crippen molar-refractivity contribution in [3.8, 4) is 0 Å². The van der Waals surface area contributed by atoms with E-state index < -0.39 is 0 Å². The molecular weight excluding hydrogens is 250 g/mol. The van der Waals surface area contributed by atoms with E-state index in [9.17, 15) is 0 Å². The number of halogens is 1. The molecule has 1 aromatic rings. The average molecular weight is 270 g/mol. The summed E-state index contributed by atoms with van der Waals surface area (Å²) in [6, 6.07) is 1.84. The Bertz CT molecular complexity index is 411. The van der Waals surface area contributed by atoms with Crippen LogP contribution in [0.1, 0.15) is 38.4 Å². The van der Waals surface area contributed by atoms with Crippen LogP contribution < -0.4 is 4.90 Å². The van der Waals surface area contributed by atoms with Gasteiger partial charge in [0, 0.05) is 32.2 Å². The summed E-state index contributed by atoms with van der Waals surface area (Å²) < 4.78 is 5.43. The minimum atomic E-state index is 0.283. The average Bonchev–Trinajstić information content (AvgIpc) is 2.38. The first-order chi connectivity index (χ1) is 8.60. The van der Waals surface area contributed by atoms with Gasteiger partial charge in [-0.3, -0.25) is 0 Å². The van der Waals surface area contributed by atoms with Gasteiger partial charge < -0.3 is 9.64 Å². The molecule has 1 aliphatic rings. The van der Waals surface area contributed by atoms with E-state index in [4.69, 9.17) is 16.3 Å². The van der Waals surface area contributed by atoms with Gasteiger partial charge in [0.1, 0.15) is 16.8 Å². The zero-order valence-electron chi connectivity index (χ0n) is 11.2. The summed E-state index contributed by atoms with van der Waals surface area (Å²) in [5.74, 6) is 2.00. The van der Waals surface area contributed by atoms with E-state index in [-0.39, 0.29) is 12.0 Å². The second-order valence-electron chi connectivity index (χ2n) is 5.01. The van der Waals surface area contributed by atoms with Crippen LogP contribution in [0.5, 0.6) is 0 Å². The molecule has 2 rings (SSSR count). The first-order valence-electron chi connectivity index (χ1n) is 6.42. The van der Waals surface area contributed by atoms with Crippen LogP contribution in [-0.4, -0.2) is 36.3 Å². The molecule has 4 nitrogen and oxygen atoms in total. The fraction of sp³-hybridized carbons (Fsp3) is 0.692. The molecule has 0 aliphatic carbocycles. The lowest BCUT2D eigenvalue weighted by Gasteiger charge is -2.33. The summed E-state index contributed by atoms with van der Waals surface area (Å²) >= 11 is 6.07. The molecule has 1 aliphatic heterocycles. The second kappa shape index (κ2) is 5.85. The SMILES string of the molecule is COC1CCCN(c2cc(Cl)nc(C(C)C)n2)C1. The Hall–Kier alpha value is -0.870. The molecule has 2 heterocycles. The lowest BCUT2D eigenvalue weighted by Crippen LogP contribution is -2.39. The molecule has 1 atom stereocenters. The van der Waals surface area contributed by atoms with Crippen LogP contribution in [0.15, 0.2) is 6.07 Å². The second-order valence-corrected chi connectivity index (χ2v) is 5.39. The summed E-state index contributed by atoms with van der Waals surface area (Å²) in [5.41, 5.74) is 0. The highest BCUT2D eigenvalue weighted by Gasteiger charge is 2.21. The van der Waals surface area contributed by atoms with Crippen LogP contribution in [0.4, 0.5) is 5.82 Å². The largest absolute Gasteiger partial charge is 0.380 e. The van der Waals surface area contributed by atoms with Gasteiger partial charge in [0.25, 0.3) is 0 Å². The Balaban J connectivity index is 2.21. The first kappa shape index (κ1) is 13.6. The van der Waals surface area contributed by atoms with E-state index in [0.29, 0.717) is 5.15 Å². The third kappa shape index (κ3) is 3.12. The van der Waals surface area contributed by atoms with Crippen molar-refractivity contribution in [3.05, 3.63) is 17.0 Å². The van der Waals surface area contributed by atoms with Crippen LogP contribution >= 0.6 is 11.6 Å². The quantitative estimate of drug-likeness (QED) is 0.791. The summed E-state index contributed by atoms with van der Waals surface area (Å²) in [6.07, 6.45) is 2.52. The minimum Gasteiger partial charge on any atom is -0.380 e. The van der Waals surface area contributed by atoms with Gasteiger partial charge in [0.05, 0.1) is 6.10 Å². The third-order valence-electron chi connectivity index (χ3n) is 3.25. The van der Waals surface area contributed by atoms with Gasteiger partial charge in [-0.1, -0.05) is 25.4 Å². The van der Waals surface area contributed by atoms with E-state index in [0.717, 1.165) is 37.6 Å². The standard InChI is InChI=1S/C13H20ClN3O/c1-9(2)13-15-11(14)7-12(16-13)17-6-4-5-10(8-17)18-3/h7,9-10H,4-6,8H2,1-3H3. The van der Waals surface area contributed by atoms with Crippen LogP contribution in [0.3, 0.4) is 0 Å². The molecule has 100 valence electrons. The van der Waals surface area contributed by atoms with Gasteiger partial charge in [-0.25, -0.2) is 9.97 Å². The Kier molecular flexibility index (Phi) is 4.40. The van der Waals surface area contributed by atoms with Crippen molar-refractivity contribution < 1.29 is 4.74 Å². The van der Waals surface area contributed by atoms with Crippen molar-refractivity contribution in [2.75, 3.05) is 25.1 Å². The number of hydrogen-bond acceptors (Lipinski definition) is 4. The zero-order valence-corrected chi connectivity index (χ0v) is 11.9. The topological polar surface area (TPSA) is 38.2 Å². The molecule has 5 heteroatoms. The Morgan fingerprint density at radius 3 is 2.89 bits per heavy atom. The van der Waals surface area contributed by atoms with Crippen molar-refractivity contribution in [1.29, 1.82) is 0 Å². The molecule has 0 bridgehead atoms. The lowest BCUT2D eigenvalue weighted by atomic mass is 10.1. The smallest absolute Gasteiger partial charge is 0.135 e. The molecule has 0 aromatic carbocycles. The van der Waals surface area contributed by atoms with E-state index in [1.165, 1.54) is 0 Å². The number of methoxy groups -OCH3 is 1. The highest BCUT2D eigenvalue weighted by molar-refractivity contribution is 6.29. The Labute approximate surface area is 113 Å². The Morgan fingerprint density at radius 1 is 1.44 bits per heavy atom. The highest BCUT2D eigenvalue weighted by atomic mass is 35.5. The van der Waals surface area contributed by atoms with Crippen LogP contribution in [0.2, 0.25) is 5.15 Å². The summed E-state index contributed by atoms with van der Waals surface area (Å²) in [4.78, 5) is 11.1. The molecule has 18 heavy (non-hydrogen) atoms. The number of rotatable bonds is 3. The summed E-state index contributed by atoms with van der Waals surface area (Å²) in [7, 11) is 1.76. The minimum absolute atomic E-state index is 0.283.